The number of carbonyl (C=O) groups excluding carboxylic acids is 1. The minimum absolute atomic E-state index is 0.0323. The van der Waals surface area contributed by atoms with Gasteiger partial charge in [-0.25, -0.2) is 8.42 Å². The SMILES string of the molecule is Cc1ccc(CN(C)S(=O)(=O)c2ccc3c(c2)CCC(=O)N3)c(C)c1. The van der Waals surface area contributed by atoms with Gasteiger partial charge < -0.3 is 5.32 Å². The Morgan fingerprint density at radius 1 is 1.08 bits per heavy atom. The highest BCUT2D eigenvalue weighted by atomic mass is 32.2. The van der Waals surface area contributed by atoms with Crippen LogP contribution in [0.15, 0.2) is 41.3 Å². The molecule has 2 aromatic rings. The number of nitrogens with zero attached hydrogens (tertiary/aromatic N) is 1. The number of amides is 1. The van der Waals surface area contributed by atoms with Gasteiger partial charge in [0.05, 0.1) is 4.90 Å². The molecule has 1 amide bonds. The van der Waals surface area contributed by atoms with E-state index in [1.54, 1.807) is 25.2 Å². The van der Waals surface area contributed by atoms with Crippen LogP contribution in [0.25, 0.3) is 0 Å². The van der Waals surface area contributed by atoms with Crippen molar-refractivity contribution in [3.63, 3.8) is 0 Å². The smallest absolute Gasteiger partial charge is 0.243 e. The van der Waals surface area contributed by atoms with Crippen LogP contribution in [0.2, 0.25) is 0 Å². The quantitative estimate of drug-likeness (QED) is 0.914. The molecule has 132 valence electrons. The molecule has 0 spiro atoms. The van der Waals surface area contributed by atoms with Crippen molar-refractivity contribution in [2.45, 2.75) is 38.1 Å². The molecule has 1 aliphatic rings. The topological polar surface area (TPSA) is 66.5 Å². The number of rotatable bonds is 4. The fraction of sp³-hybridized carbons (Fsp3) is 0.316. The van der Waals surface area contributed by atoms with Crippen LogP contribution >= 0.6 is 0 Å². The molecule has 2 aromatic carbocycles. The monoisotopic (exact) mass is 358 g/mol. The van der Waals surface area contributed by atoms with E-state index in [9.17, 15) is 13.2 Å². The number of hydrogen-bond acceptors (Lipinski definition) is 3. The van der Waals surface area contributed by atoms with Gasteiger partial charge in [0.25, 0.3) is 0 Å². The summed E-state index contributed by atoms with van der Waals surface area (Å²) in [6.07, 6.45) is 0.945. The van der Waals surface area contributed by atoms with E-state index in [-0.39, 0.29) is 10.8 Å². The second-order valence-electron chi connectivity index (χ2n) is 6.56. The molecule has 0 atom stereocenters. The van der Waals surface area contributed by atoms with Gasteiger partial charge in [-0.05, 0) is 55.2 Å². The number of carbonyl (C=O) groups is 1. The predicted octanol–water partition coefficient (Wildman–Crippen LogP) is 3.01. The molecule has 0 saturated heterocycles. The first-order chi connectivity index (χ1) is 11.8. The average molecular weight is 358 g/mol. The van der Waals surface area contributed by atoms with Gasteiger partial charge in [-0.1, -0.05) is 23.8 Å². The molecular formula is C19H22N2O3S. The average Bonchev–Trinajstić information content (AvgIpc) is 2.56. The van der Waals surface area contributed by atoms with E-state index in [0.717, 1.165) is 22.3 Å². The van der Waals surface area contributed by atoms with E-state index in [1.165, 1.54) is 4.31 Å². The number of aryl methyl sites for hydroxylation is 3. The minimum Gasteiger partial charge on any atom is -0.326 e. The van der Waals surface area contributed by atoms with E-state index in [0.29, 0.717) is 25.1 Å². The van der Waals surface area contributed by atoms with Crippen LogP contribution in [0, 0.1) is 13.8 Å². The summed E-state index contributed by atoms with van der Waals surface area (Å²) < 4.78 is 27.2. The molecule has 0 saturated carbocycles. The third kappa shape index (κ3) is 3.60. The van der Waals surface area contributed by atoms with Crippen LogP contribution in [0.5, 0.6) is 0 Å². The summed E-state index contributed by atoms with van der Waals surface area (Å²) in [5, 5.41) is 2.77. The van der Waals surface area contributed by atoms with E-state index < -0.39 is 10.0 Å². The summed E-state index contributed by atoms with van der Waals surface area (Å²) in [4.78, 5) is 11.7. The Balaban J connectivity index is 1.87. The Bertz CT molecular complexity index is 936. The summed E-state index contributed by atoms with van der Waals surface area (Å²) in [7, 11) is -2.00. The highest BCUT2D eigenvalue weighted by Gasteiger charge is 2.24. The van der Waals surface area contributed by atoms with Crippen LogP contribution in [0.3, 0.4) is 0 Å². The Labute approximate surface area is 148 Å². The maximum Gasteiger partial charge on any atom is 0.243 e. The molecule has 0 unspecified atom stereocenters. The first kappa shape index (κ1) is 17.6. The van der Waals surface area contributed by atoms with Crippen molar-refractivity contribution in [2.24, 2.45) is 0 Å². The Hall–Kier alpha value is -2.18. The molecule has 0 aliphatic carbocycles. The van der Waals surface area contributed by atoms with Crippen molar-refractivity contribution in [2.75, 3.05) is 12.4 Å². The summed E-state index contributed by atoms with van der Waals surface area (Å²) in [6, 6.07) is 10.9. The highest BCUT2D eigenvalue weighted by Crippen LogP contribution is 2.27. The lowest BCUT2D eigenvalue weighted by Crippen LogP contribution is -2.27. The van der Waals surface area contributed by atoms with Crippen LogP contribution in [-0.2, 0) is 27.8 Å². The lowest BCUT2D eigenvalue weighted by atomic mass is 10.0. The second kappa shape index (κ2) is 6.61. The number of hydrogen-bond donors (Lipinski definition) is 1. The zero-order valence-electron chi connectivity index (χ0n) is 14.7. The van der Waals surface area contributed by atoms with Gasteiger partial charge >= 0.3 is 0 Å². The van der Waals surface area contributed by atoms with Gasteiger partial charge in [0.1, 0.15) is 0 Å². The van der Waals surface area contributed by atoms with E-state index in [1.807, 2.05) is 26.0 Å². The van der Waals surface area contributed by atoms with E-state index in [2.05, 4.69) is 11.4 Å². The zero-order chi connectivity index (χ0) is 18.2. The van der Waals surface area contributed by atoms with Gasteiger partial charge in [0.15, 0.2) is 0 Å². The Kier molecular flexibility index (Phi) is 4.67. The largest absolute Gasteiger partial charge is 0.326 e. The van der Waals surface area contributed by atoms with Crippen molar-refractivity contribution in [1.29, 1.82) is 0 Å². The molecule has 0 fully saturated rings. The molecule has 0 aromatic heterocycles. The molecule has 5 nitrogen and oxygen atoms in total. The Morgan fingerprint density at radius 3 is 2.56 bits per heavy atom. The molecule has 1 N–H and O–H groups in total. The molecule has 0 radical (unpaired) electrons. The highest BCUT2D eigenvalue weighted by molar-refractivity contribution is 7.89. The van der Waals surface area contributed by atoms with Crippen LogP contribution in [-0.4, -0.2) is 25.7 Å². The summed E-state index contributed by atoms with van der Waals surface area (Å²) in [5.74, 6) is -0.0323. The second-order valence-corrected chi connectivity index (χ2v) is 8.60. The van der Waals surface area contributed by atoms with Crippen LogP contribution < -0.4 is 5.32 Å². The van der Waals surface area contributed by atoms with Crippen LogP contribution in [0.1, 0.15) is 28.7 Å². The van der Waals surface area contributed by atoms with Gasteiger partial charge in [-0.15, -0.1) is 0 Å². The van der Waals surface area contributed by atoms with Gasteiger partial charge in [-0.2, -0.15) is 4.31 Å². The third-order valence-electron chi connectivity index (χ3n) is 4.57. The molecule has 3 rings (SSSR count). The first-order valence-electron chi connectivity index (χ1n) is 8.22. The zero-order valence-corrected chi connectivity index (χ0v) is 15.5. The molecule has 1 heterocycles. The third-order valence-corrected chi connectivity index (χ3v) is 6.37. The van der Waals surface area contributed by atoms with Crippen LogP contribution in [0.4, 0.5) is 5.69 Å². The van der Waals surface area contributed by atoms with Crippen molar-refractivity contribution < 1.29 is 13.2 Å². The molecule has 25 heavy (non-hydrogen) atoms. The molecular weight excluding hydrogens is 336 g/mol. The van der Waals surface area contributed by atoms with Crippen molar-refractivity contribution in [1.82, 2.24) is 4.31 Å². The number of benzene rings is 2. The maximum atomic E-state index is 12.9. The molecule has 1 aliphatic heterocycles. The number of nitrogens with one attached hydrogen (secondary N) is 1. The van der Waals surface area contributed by atoms with Gasteiger partial charge in [-0.3, -0.25) is 4.79 Å². The lowest BCUT2D eigenvalue weighted by Gasteiger charge is -2.21. The summed E-state index contributed by atoms with van der Waals surface area (Å²) in [6.45, 7) is 4.33. The normalized spacial score (nSPS) is 14.3. The number of anilines is 1. The standard InChI is InChI=1S/C19H22N2O3S/c1-13-4-5-16(14(2)10-13)12-21(3)25(23,24)17-7-8-18-15(11-17)6-9-19(22)20-18/h4-5,7-8,10-11H,6,9,12H2,1-3H3,(H,20,22). The van der Waals surface area contributed by atoms with Gasteiger partial charge in [0, 0.05) is 25.7 Å². The fourth-order valence-corrected chi connectivity index (χ4v) is 4.25. The van der Waals surface area contributed by atoms with E-state index >= 15 is 0 Å². The van der Waals surface area contributed by atoms with Crippen molar-refractivity contribution >= 4 is 21.6 Å². The van der Waals surface area contributed by atoms with E-state index in [4.69, 9.17) is 0 Å². The lowest BCUT2D eigenvalue weighted by molar-refractivity contribution is -0.116. The van der Waals surface area contributed by atoms with Crippen molar-refractivity contribution in [3.8, 4) is 0 Å². The fourth-order valence-electron chi connectivity index (χ4n) is 3.05. The number of fused-ring (bicyclic) bond motifs is 1. The number of sulfonamides is 1. The minimum atomic E-state index is -3.59. The van der Waals surface area contributed by atoms with Crippen molar-refractivity contribution in [3.05, 3.63) is 58.7 Å². The first-order valence-corrected chi connectivity index (χ1v) is 9.66. The summed E-state index contributed by atoms with van der Waals surface area (Å²) >= 11 is 0. The Morgan fingerprint density at radius 2 is 1.84 bits per heavy atom. The predicted molar refractivity (Wildman–Crippen MR) is 98.0 cm³/mol. The molecule has 6 heteroatoms. The molecule has 0 bridgehead atoms. The maximum absolute atomic E-state index is 12.9. The summed E-state index contributed by atoms with van der Waals surface area (Å²) in [5.41, 5.74) is 4.79. The van der Waals surface area contributed by atoms with Gasteiger partial charge in [0.2, 0.25) is 15.9 Å².